The highest BCUT2D eigenvalue weighted by Crippen LogP contribution is 2.26. The van der Waals surface area contributed by atoms with Crippen molar-refractivity contribution in [1.29, 1.82) is 0 Å². The second-order valence-electron chi connectivity index (χ2n) is 3.20. The van der Waals surface area contributed by atoms with Gasteiger partial charge in [-0.25, -0.2) is 4.79 Å². The first-order valence-corrected chi connectivity index (χ1v) is 4.09. The van der Waals surface area contributed by atoms with Gasteiger partial charge in [0.2, 0.25) is 0 Å². The van der Waals surface area contributed by atoms with Crippen molar-refractivity contribution >= 4 is 5.97 Å². The van der Waals surface area contributed by atoms with Crippen LogP contribution in [0.25, 0.3) is 0 Å². The smallest absolute Gasteiger partial charge is 0.339 e. The van der Waals surface area contributed by atoms with Gasteiger partial charge in [-0.1, -0.05) is 26.0 Å². The molecule has 0 aliphatic heterocycles. The first-order valence-electron chi connectivity index (χ1n) is 4.09. The molecule has 1 aromatic rings. The highest BCUT2D eigenvalue weighted by Gasteiger charge is 2.16. The summed E-state index contributed by atoms with van der Waals surface area (Å²) in [6.07, 6.45) is 0. The minimum atomic E-state index is -1.08. The summed E-state index contributed by atoms with van der Waals surface area (Å²) < 4.78 is 0. The number of carbonyl (C=O) groups is 1. The zero-order valence-electron chi connectivity index (χ0n) is 7.61. The van der Waals surface area contributed by atoms with Crippen molar-refractivity contribution in [2.75, 3.05) is 0 Å². The molecule has 0 unspecified atom stereocenters. The van der Waals surface area contributed by atoms with E-state index in [4.69, 9.17) is 5.11 Å². The van der Waals surface area contributed by atoms with E-state index in [-0.39, 0.29) is 17.2 Å². The van der Waals surface area contributed by atoms with Crippen molar-refractivity contribution in [1.82, 2.24) is 0 Å². The molecule has 1 aromatic carbocycles. The monoisotopic (exact) mass is 180 g/mol. The molecule has 0 amide bonds. The molecule has 0 bridgehead atoms. The fourth-order valence-electron chi connectivity index (χ4n) is 1.27. The molecular weight excluding hydrogens is 168 g/mol. The number of aromatic carboxylic acids is 1. The number of hydrogen-bond acceptors (Lipinski definition) is 2. The molecule has 0 atom stereocenters. The summed E-state index contributed by atoms with van der Waals surface area (Å²) >= 11 is 0. The van der Waals surface area contributed by atoms with Crippen molar-refractivity contribution in [2.45, 2.75) is 19.8 Å². The van der Waals surface area contributed by atoms with Gasteiger partial charge in [-0.2, -0.15) is 0 Å². The van der Waals surface area contributed by atoms with Crippen LogP contribution in [0.5, 0.6) is 5.75 Å². The third-order valence-electron chi connectivity index (χ3n) is 1.91. The average molecular weight is 180 g/mol. The molecular formula is C10H12O3. The number of benzene rings is 1. The van der Waals surface area contributed by atoms with E-state index in [0.717, 1.165) is 0 Å². The molecule has 0 aliphatic rings. The van der Waals surface area contributed by atoms with E-state index >= 15 is 0 Å². The molecule has 2 N–H and O–H groups in total. The third-order valence-corrected chi connectivity index (χ3v) is 1.91. The molecule has 0 radical (unpaired) electrons. The lowest BCUT2D eigenvalue weighted by Crippen LogP contribution is -2.03. The Labute approximate surface area is 76.6 Å². The summed E-state index contributed by atoms with van der Waals surface area (Å²) in [6, 6.07) is 4.75. The van der Waals surface area contributed by atoms with E-state index in [1.807, 2.05) is 13.8 Å². The maximum absolute atomic E-state index is 10.8. The van der Waals surface area contributed by atoms with E-state index in [2.05, 4.69) is 0 Å². The van der Waals surface area contributed by atoms with Gasteiger partial charge in [0.15, 0.2) is 0 Å². The molecule has 0 fully saturated rings. The molecule has 0 heterocycles. The van der Waals surface area contributed by atoms with Gasteiger partial charge < -0.3 is 10.2 Å². The molecule has 0 aliphatic carbocycles. The molecule has 70 valence electrons. The fraction of sp³-hybridized carbons (Fsp3) is 0.300. The average Bonchev–Trinajstić information content (AvgIpc) is 2.02. The summed E-state index contributed by atoms with van der Waals surface area (Å²) in [6.45, 7) is 3.78. The van der Waals surface area contributed by atoms with Gasteiger partial charge in [-0.3, -0.25) is 0 Å². The Bertz CT molecular complexity index is 329. The maximum atomic E-state index is 10.8. The minimum absolute atomic E-state index is 0.0116. The van der Waals surface area contributed by atoms with Gasteiger partial charge in [0, 0.05) is 0 Å². The van der Waals surface area contributed by atoms with Crippen LogP contribution >= 0.6 is 0 Å². The standard InChI is InChI=1S/C10H12O3/c1-6(2)7-4-3-5-8(11)9(7)10(12)13/h3-6,11H,1-2H3,(H,12,13). The van der Waals surface area contributed by atoms with Crippen molar-refractivity contribution in [3.05, 3.63) is 29.3 Å². The number of carboxylic acid groups (broad SMARTS) is 1. The van der Waals surface area contributed by atoms with Crippen LogP contribution in [0.2, 0.25) is 0 Å². The number of rotatable bonds is 2. The Morgan fingerprint density at radius 1 is 1.38 bits per heavy atom. The fourth-order valence-corrected chi connectivity index (χ4v) is 1.27. The Balaban J connectivity index is 3.34. The van der Waals surface area contributed by atoms with Crippen molar-refractivity contribution in [3.8, 4) is 5.75 Å². The number of hydrogen-bond donors (Lipinski definition) is 2. The van der Waals surface area contributed by atoms with Crippen molar-refractivity contribution in [3.63, 3.8) is 0 Å². The zero-order chi connectivity index (χ0) is 10.0. The van der Waals surface area contributed by atoms with Crippen LogP contribution < -0.4 is 0 Å². The van der Waals surface area contributed by atoms with Crippen LogP contribution in [0.3, 0.4) is 0 Å². The van der Waals surface area contributed by atoms with Gasteiger partial charge in [-0.15, -0.1) is 0 Å². The predicted molar refractivity (Wildman–Crippen MR) is 49.2 cm³/mol. The number of aromatic hydroxyl groups is 1. The molecule has 0 spiro atoms. The molecule has 0 saturated heterocycles. The lowest BCUT2D eigenvalue weighted by Gasteiger charge is -2.10. The highest BCUT2D eigenvalue weighted by molar-refractivity contribution is 5.92. The zero-order valence-corrected chi connectivity index (χ0v) is 7.61. The number of phenols is 1. The molecule has 0 saturated carbocycles. The Kier molecular flexibility index (Phi) is 2.56. The molecule has 13 heavy (non-hydrogen) atoms. The van der Waals surface area contributed by atoms with Gasteiger partial charge in [0.05, 0.1) is 0 Å². The molecule has 3 nitrogen and oxygen atoms in total. The van der Waals surface area contributed by atoms with E-state index in [1.165, 1.54) is 6.07 Å². The van der Waals surface area contributed by atoms with Crippen molar-refractivity contribution in [2.24, 2.45) is 0 Å². The maximum Gasteiger partial charge on any atom is 0.339 e. The third kappa shape index (κ3) is 1.80. The van der Waals surface area contributed by atoms with Crippen LogP contribution in [0.15, 0.2) is 18.2 Å². The summed E-state index contributed by atoms with van der Waals surface area (Å²) in [5.41, 5.74) is 0.671. The predicted octanol–water partition coefficient (Wildman–Crippen LogP) is 2.21. The van der Waals surface area contributed by atoms with Gasteiger partial charge in [-0.05, 0) is 17.5 Å². The normalized spacial score (nSPS) is 10.4. The van der Waals surface area contributed by atoms with Gasteiger partial charge in [0.1, 0.15) is 11.3 Å². The van der Waals surface area contributed by atoms with Gasteiger partial charge >= 0.3 is 5.97 Å². The lowest BCUT2D eigenvalue weighted by molar-refractivity contribution is 0.0692. The summed E-state index contributed by atoms with van der Waals surface area (Å²) in [5.74, 6) is -1.15. The van der Waals surface area contributed by atoms with Crippen LogP contribution in [0.1, 0.15) is 35.7 Å². The summed E-state index contributed by atoms with van der Waals surface area (Å²) in [4.78, 5) is 10.8. The minimum Gasteiger partial charge on any atom is -0.507 e. The second kappa shape index (κ2) is 3.47. The quantitative estimate of drug-likeness (QED) is 0.733. The topological polar surface area (TPSA) is 57.5 Å². The SMILES string of the molecule is CC(C)c1cccc(O)c1C(=O)O. The van der Waals surface area contributed by atoms with E-state index in [0.29, 0.717) is 5.56 Å². The van der Waals surface area contributed by atoms with Crippen LogP contribution in [0, 0.1) is 0 Å². The lowest BCUT2D eigenvalue weighted by atomic mass is 9.96. The van der Waals surface area contributed by atoms with Crippen LogP contribution in [0.4, 0.5) is 0 Å². The largest absolute Gasteiger partial charge is 0.507 e. The second-order valence-corrected chi connectivity index (χ2v) is 3.20. The Morgan fingerprint density at radius 2 is 2.00 bits per heavy atom. The van der Waals surface area contributed by atoms with Crippen LogP contribution in [-0.2, 0) is 0 Å². The van der Waals surface area contributed by atoms with Gasteiger partial charge in [0.25, 0.3) is 0 Å². The first kappa shape index (κ1) is 9.58. The van der Waals surface area contributed by atoms with E-state index < -0.39 is 5.97 Å². The van der Waals surface area contributed by atoms with Crippen molar-refractivity contribution < 1.29 is 15.0 Å². The molecule has 1 rings (SSSR count). The van der Waals surface area contributed by atoms with E-state index in [9.17, 15) is 9.90 Å². The van der Waals surface area contributed by atoms with Crippen LogP contribution in [-0.4, -0.2) is 16.2 Å². The van der Waals surface area contributed by atoms with E-state index in [1.54, 1.807) is 12.1 Å². The summed E-state index contributed by atoms with van der Waals surface area (Å²) in [5, 5.41) is 18.2. The Morgan fingerprint density at radius 3 is 2.38 bits per heavy atom. The summed E-state index contributed by atoms with van der Waals surface area (Å²) in [7, 11) is 0. The highest BCUT2D eigenvalue weighted by atomic mass is 16.4. The molecule has 3 heteroatoms. The number of carboxylic acids is 1. The molecule has 0 aromatic heterocycles. The first-order chi connectivity index (χ1) is 6.04. The Hall–Kier alpha value is -1.51.